The highest BCUT2D eigenvalue weighted by molar-refractivity contribution is 7.00. The molecule has 0 amide bonds. The first-order valence-corrected chi connectivity index (χ1v) is 17.6. The van der Waals surface area contributed by atoms with E-state index in [2.05, 4.69) is 164 Å². The second-order valence-electron chi connectivity index (χ2n) is 17.2. The van der Waals surface area contributed by atoms with E-state index >= 15 is 0 Å². The molecule has 8 rings (SSSR count). The van der Waals surface area contributed by atoms with Gasteiger partial charge >= 0.3 is 0 Å². The molecule has 3 aliphatic rings. The molecule has 0 fully saturated rings. The third-order valence-electron chi connectivity index (χ3n) is 10.5. The molecule has 3 aliphatic heterocycles. The topological polar surface area (TPSA) is 24.9 Å². The smallest absolute Gasteiger partial charge is 0.252 e. The van der Waals surface area contributed by atoms with E-state index in [1.807, 2.05) is 6.07 Å². The van der Waals surface area contributed by atoms with Crippen LogP contribution in [0.5, 0.6) is 11.5 Å². The van der Waals surface area contributed by atoms with E-state index in [1.54, 1.807) is 0 Å². The molecule has 0 aromatic heterocycles. The fraction of sp³-hybridized carbons (Fsp3) is 0.318. The number of anilines is 6. The number of nitrogens with zero attached hydrogens (tertiary/aromatic N) is 2. The molecule has 248 valence electrons. The van der Waals surface area contributed by atoms with Gasteiger partial charge in [-0.3, -0.25) is 0 Å². The number of aryl methyl sites for hydroxylation is 1. The molecular formula is C44H47BN2O2. The van der Waals surface area contributed by atoms with Crippen molar-refractivity contribution in [1.82, 2.24) is 0 Å². The van der Waals surface area contributed by atoms with Crippen LogP contribution in [0.25, 0.3) is 0 Å². The second kappa shape index (κ2) is 10.7. The lowest BCUT2D eigenvalue weighted by molar-refractivity contribution is 0.174. The molecule has 4 nitrogen and oxygen atoms in total. The Labute approximate surface area is 292 Å². The van der Waals surface area contributed by atoms with Gasteiger partial charge < -0.3 is 19.3 Å². The van der Waals surface area contributed by atoms with Crippen molar-refractivity contribution >= 4 is 57.2 Å². The Balaban J connectivity index is 1.46. The predicted octanol–water partition coefficient (Wildman–Crippen LogP) is 9.70. The normalized spacial score (nSPS) is 14.9. The van der Waals surface area contributed by atoms with Crippen LogP contribution in [0.4, 0.5) is 34.1 Å². The Morgan fingerprint density at radius 1 is 0.490 bits per heavy atom. The monoisotopic (exact) mass is 646 g/mol. The minimum Gasteiger partial charge on any atom is -0.454 e. The van der Waals surface area contributed by atoms with Crippen molar-refractivity contribution in [1.29, 1.82) is 0 Å². The van der Waals surface area contributed by atoms with Gasteiger partial charge in [0.15, 0.2) is 11.5 Å². The van der Waals surface area contributed by atoms with Crippen LogP contribution in [0.15, 0.2) is 91.0 Å². The lowest BCUT2D eigenvalue weighted by atomic mass is 9.33. The van der Waals surface area contributed by atoms with Gasteiger partial charge in [0.25, 0.3) is 6.71 Å². The Kier molecular flexibility index (Phi) is 6.89. The van der Waals surface area contributed by atoms with Gasteiger partial charge in [-0.2, -0.15) is 0 Å². The van der Waals surface area contributed by atoms with Crippen molar-refractivity contribution < 1.29 is 9.47 Å². The highest BCUT2D eigenvalue weighted by Crippen LogP contribution is 2.47. The predicted molar refractivity (Wildman–Crippen MR) is 207 cm³/mol. The zero-order valence-electron chi connectivity index (χ0n) is 30.7. The number of fused-ring (bicyclic) bond motifs is 5. The summed E-state index contributed by atoms with van der Waals surface area (Å²) in [6.45, 7) is 23.3. The summed E-state index contributed by atoms with van der Waals surface area (Å²) in [7, 11) is 0. The summed E-state index contributed by atoms with van der Waals surface area (Å²) in [6, 6.07) is 34.7. The van der Waals surface area contributed by atoms with Gasteiger partial charge in [0, 0.05) is 34.5 Å². The van der Waals surface area contributed by atoms with E-state index in [1.165, 1.54) is 67.1 Å². The largest absolute Gasteiger partial charge is 0.454 e. The number of hydrogen-bond donors (Lipinski definition) is 0. The van der Waals surface area contributed by atoms with Crippen LogP contribution < -0.4 is 35.7 Å². The van der Waals surface area contributed by atoms with Crippen molar-refractivity contribution in [2.45, 2.75) is 85.5 Å². The van der Waals surface area contributed by atoms with Crippen molar-refractivity contribution in [2.24, 2.45) is 0 Å². The molecular weight excluding hydrogens is 599 g/mol. The molecule has 0 bridgehead atoms. The SMILES string of the molecule is Cc1cc2c3c(c1)N(c1ccc4c(c1)OCO4)c1ccc(C(C)(C)C)cc1B3c1cc(C(C)(C)C)ccc1N2c1ccc(C(C)(C)C)cc1. The van der Waals surface area contributed by atoms with Gasteiger partial charge in [0.1, 0.15) is 0 Å². The van der Waals surface area contributed by atoms with Crippen LogP contribution in [0.1, 0.15) is 84.6 Å². The van der Waals surface area contributed by atoms with Crippen LogP contribution in [0.2, 0.25) is 0 Å². The fourth-order valence-corrected chi connectivity index (χ4v) is 7.77. The lowest BCUT2D eigenvalue weighted by Crippen LogP contribution is -2.61. The van der Waals surface area contributed by atoms with Crippen LogP contribution >= 0.6 is 0 Å². The van der Waals surface area contributed by atoms with Crippen LogP contribution in [0.3, 0.4) is 0 Å². The van der Waals surface area contributed by atoms with Crippen molar-refractivity contribution in [3.63, 3.8) is 0 Å². The first kappa shape index (κ1) is 31.6. The lowest BCUT2D eigenvalue weighted by Gasteiger charge is -2.45. The van der Waals surface area contributed by atoms with E-state index in [0.29, 0.717) is 0 Å². The Bertz CT molecular complexity index is 2130. The average Bonchev–Trinajstić information content (AvgIpc) is 3.51. The van der Waals surface area contributed by atoms with Gasteiger partial charge in [0.05, 0.1) is 5.69 Å². The summed E-state index contributed by atoms with van der Waals surface area (Å²) < 4.78 is 11.7. The first-order valence-electron chi connectivity index (χ1n) is 17.6. The van der Waals surface area contributed by atoms with E-state index in [0.717, 1.165) is 17.2 Å². The van der Waals surface area contributed by atoms with Gasteiger partial charge in [-0.25, -0.2) is 0 Å². The van der Waals surface area contributed by atoms with Gasteiger partial charge in [-0.05, 0) is 110 Å². The molecule has 0 unspecified atom stereocenters. The third-order valence-corrected chi connectivity index (χ3v) is 10.5. The average molecular weight is 647 g/mol. The summed E-state index contributed by atoms with van der Waals surface area (Å²) in [4.78, 5) is 4.96. The number of hydrogen-bond acceptors (Lipinski definition) is 4. The van der Waals surface area contributed by atoms with E-state index in [4.69, 9.17) is 9.47 Å². The number of benzene rings is 5. The Hall–Kier alpha value is -4.64. The number of ether oxygens (including phenoxy) is 2. The second-order valence-corrected chi connectivity index (χ2v) is 17.2. The quantitative estimate of drug-likeness (QED) is 0.175. The Morgan fingerprint density at radius 3 is 1.49 bits per heavy atom. The maximum atomic E-state index is 5.91. The molecule has 0 atom stereocenters. The molecule has 49 heavy (non-hydrogen) atoms. The molecule has 0 saturated carbocycles. The molecule has 5 aromatic rings. The molecule has 0 saturated heterocycles. The fourth-order valence-electron chi connectivity index (χ4n) is 7.77. The molecule has 0 radical (unpaired) electrons. The third kappa shape index (κ3) is 5.12. The molecule has 5 heteroatoms. The summed E-state index contributed by atoms with van der Waals surface area (Å²) in [5, 5.41) is 0. The van der Waals surface area contributed by atoms with Crippen molar-refractivity contribution in [3.05, 3.63) is 113 Å². The summed E-state index contributed by atoms with van der Waals surface area (Å²) in [6.07, 6.45) is 0. The maximum absolute atomic E-state index is 5.91. The van der Waals surface area contributed by atoms with Gasteiger partial charge in [-0.1, -0.05) is 98.7 Å². The van der Waals surface area contributed by atoms with Crippen LogP contribution in [0, 0.1) is 6.92 Å². The molecule has 0 spiro atoms. The van der Waals surface area contributed by atoms with E-state index in [-0.39, 0.29) is 29.8 Å². The standard InChI is InChI=1S/C44H47BN2O2/c1-27-21-37-41-38(22-27)47(32-17-20-39-40(25-32)49-26-48-39)36-19-14-30(44(8,9)10)24-34(36)45(41)33-23-29(43(5,6)7)13-18-35(33)46(37)31-15-11-28(12-16-31)42(2,3)4/h11-25H,26H2,1-10H3. The summed E-state index contributed by atoms with van der Waals surface area (Å²) >= 11 is 0. The summed E-state index contributed by atoms with van der Waals surface area (Å²) in [5.74, 6) is 1.58. The zero-order chi connectivity index (χ0) is 34.6. The molecule has 3 heterocycles. The Morgan fingerprint density at radius 2 is 0.959 bits per heavy atom. The summed E-state index contributed by atoms with van der Waals surface area (Å²) in [5.41, 5.74) is 16.5. The van der Waals surface area contributed by atoms with Crippen molar-refractivity contribution in [2.75, 3.05) is 16.6 Å². The molecule has 0 N–H and O–H groups in total. The maximum Gasteiger partial charge on any atom is 0.252 e. The molecule has 0 aliphatic carbocycles. The molecule has 5 aromatic carbocycles. The van der Waals surface area contributed by atoms with Gasteiger partial charge in [-0.15, -0.1) is 0 Å². The van der Waals surface area contributed by atoms with Crippen LogP contribution in [-0.2, 0) is 16.2 Å². The highest BCUT2D eigenvalue weighted by atomic mass is 16.7. The highest BCUT2D eigenvalue weighted by Gasteiger charge is 2.44. The van der Waals surface area contributed by atoms with E-state index in [9.17, 15) is 0 Å². The van der Waals surface area contributed by atoms with E-state index < -0.39 is 0 Å². The van der Waals surface area contributed by atoms with Crippen LogP contribution in [-0.4, -0.2) is 13.5 Å². The van der Waals surface area contributed by atoms with Crippen molar-refractivity contribution in [3.8, 4) is 11.5 Å². The minimum absolute atomic E-state index is 0.000578. The van der Waals surface area contributed by atoms with Gasteiger partial charge in [0.2, 0.25) is 6.79 Å². The zero-order valence-corrected chi connectivity index (χ0v) is 30.7. The number of rotatable bonds is 2. The minimum atomic E-state index is 0.000578. The first-order chi connectivity index (χ1) is 23.1.